The largest absolute Gasteiger partial charge is 0.478 e. The van der Waals surface area contributed by atoms with Crippen molar-refractivity contribution >= 4 is 40.4 Å². The van der Waals surface area contributed by atoms with Crippen LogP contribution in [0.15, 0.2) is 23.2 Å². The number of nitrogens with zero attached hydrogens (tertiary/aromatic N) is 2. The standard InChI is InChI=1S/C12H8N2O4S/c1-19-10-9-8(12(17)18)7(11(15)16)5-3-2-4-6(13-10)14(5)9/h2-4H,1H3,(H,15,16)(H,17,18). The minimum atomic E-state index is -1.26. The lowest BCUT2D eigenvalue weighted by molar-refractivity contribution is 0.0655. The van der Waals surface area contributed by atoms with Gasteiger partial charge in [-0.05, 0) is 18.4 Å². The molecule has 3 heterocycles. The fourth-order valence-electron chi connectivity index (χ4n) is 2.30. The molecule has 7 heteroatoms. The Kier molecular flexibility index (Phi) is 2.39. The van der Waals surface area contributed by atoms with Gasteiger partial charge in [0.15, 0.2) is 0 Å². The molecule has 0 saturated heterocycles. The number of pyridine rings is 1. The third-order valence-corrected chi connectivity index (χ3v) is 3.65. The average molecular weight is 276 g/mol. The van der Waals surface area contributed by atoms with Crippen molar-refractivity contribution in [2.45, 2.75) is 5.03 Å². The van der Waals surface area contributed by atoms with Crippen LogP contribution in [0.3, 0.4) is 0 Å². The van der Waals surface area contributed by atoms with Crippen molar-refractivity contribution in [3.05, 3.63) is 29.3 Å². The first kappa shape index (κ1) is 11.8. The second-order valence-electron chi connectivity index (χ2n) is 3.93. The summed E-state index contributed by atoms with van der Waals surface area (Å²) >= 11 is 1.29. The molecular formula is C12H8N2O4S. The lowest BCUT2D eigenvalue weighted by Gasteiger charge is -1.96. The van der Waals surface area contributed by atoms with E-state index in [1.165, 1.54) is 11.8 Å². The fraction of sp³-hybridized carbons (Fsp3) is 0.0833. The van der Waals surface area contributed by atoms with E-state index in [0.29, 0.717) is 21.7 Å². The van der Waals surface area contributed by atoms with E-state index in [0.717, 1.165) is 0 Å². The molecule has 3 aromatic heterocycles. The van der Waals surface area contributed by atoms with Gasteiger partial charge in [-0.3, -0.25) is 4.40 Å². The van der Waals surface area contributed by atoms with Crippen LogP contribution in [0.2, 0.25) is 0 Å². The van der Waals surface area contributed by atoms with Gasteiger partial charge in [0.05, 0.1) is 11.0 Å². The molecule has 19 heavy (non-hydrogen) atoms. The number of hydrogen-bond donors (Lipinski definition) is 2. The number of aromatic carboxylic acids is 2. The van der Waals surface area contributed by atoms with Crippen LogP contribution in [-0.2, 0) is 0 Å². The maximum Gasteiger partial charge on any atom is 0.338 e. The number of hydrogen-bond acceptors (Lipinski definition) is 4. The van der Waals surface area contributed by atoms with Crippen LogP contribution in [0.1, 0.15) is 20.7 Å². The SMILES string of the molecule is CSc1nc2cccc3c(C(=O)O)c(C(=O)O)c1n23. The number of carboxylic acid groups (broad SMARTS) is 2. The molecule has 2 N–H and O–H groups in total. The van der Waals surface area contributed by atoms with E-state index >= 15 is 0 Å². The second kappa shape index (κ2) is 3.86. The number of imidazole rings is 1. The Bertz CT molecular complexity index is 824. The van der Waals surface area contributed by atoms with Crippen LogP contribution in [-0.4, -0.2) is 37.8 Å². The van der Waals surface area contributed by atoms with Crippen molar-refractivity contribution < 1.29 is 19.8 Å². The van der Waals surface area contributed by atoms with Gasteiger partial charge in [-0.2, -0.15) is 0 Å². The minimum Gasteiger partial charge on any atom is -0.478 e. The highest BCUT2D eigenvalue weighted by Crippen LogP contribution is 2.34. The van der Waals surface area contributed by atoms with Crippen LogP contribution >= 0.6 is 11.8 Å². The Morgan fingerprint density at radius 2 is 1.89 bits per heavy atom. The number of thioether (sulfide) groups is 1. The normalized spacial score (nSPS) is 11.4. The van der Waals surface area contributed by atoms with Crippen LogP contribution in [0, 0.1) is 0 Å². The van der Waals surface area contributed by atoms with E-state index in [9.17, 15) is 19.8 Å². The zero-order chi connectivity index (χ0) is 13.7. The summed E-state index contributed by atoms with van der Waals surface area (Å²) in [6.07, 6.45) is 1.77. The third-order valence-electron chi connectivity index (χ3n) is 2.98. The summed E-state index contributed by atoms with van der Waals surface area (Å²) in [4.78, 5) is 27.1. The van der Waals surface area contributed by atoms with Crippen molar-refractivity contribution in [3.8, 4) is 0 Å². The van der Waals surface area contributed by atoms with Crippen molar-refractivity contribution in [1.82, 2.24) is 9.38 Å². The van der Waals surface area contributed by atoms with Gasteiger partial charge < -0.3 is 10.2 Å². The van der Waals surface area contributed by atoms with E-state index in [1.54, 1.807) is 28.9 Å². The lowest BCUT2D eigenvalue weighted by Crippen LogP contribution is -2.05. The second-order valence-corrected chi connectivity index (χ2v) is 4.73. The van der Waals surface area contributed by atoms with Crippen LogP contribution in [0.25, 0.3) is 16.7 Å². The predicted octanol–water partition coefficient (Wildman–Crippen LogP) is 2.04. The van der Waals surface area contributed by atoms with E-state index in [-0.39, 0.29) is 11.1 Å². The summed E-state index contributed by atoms with van der Waals surface area (Å²) in [5.74, 6) is -2.51. The molecule has 0 aliphatic carbocycles. The molecule has 6 nitrogen and oxygen atoms in total. The molecular weight excluding hydrogens is 268 g/mol. The molecule has 0 amide bonds. The number of rotatable bonds is 3. The van der Waals surface area contributed by atoms with Gasteiger partial charge in [-0.1, -0.05) is 6.07 Å². The Morgan fingerprint density at radius 3 is 2.47 bits per heavy atom. The Morgan fingerprint density at radius 1 is 1.21 bits per heavy atom. The summed E-state index contributed by atoms with van der Waals surface area (Å²) in [6, 6.07) is 4.97. The van der Waals surface area contributed by atoms with Crippen molar-refractivity contribution in [1.29, 1.82) is 0 Å². The molecule has 3 aromatic rings. The molecule has 0 aliphatic heterocycles. The number of carboxylic acids is 2. The molecule has 0 aliphatic rings. The molecule has 3 rings (SSSR count). The van der Waals surface area contributed by atoms with Gasteiger partial charge in [-0.25, -0.2) is 14.6 Å². The lowest BCUT2D eigenvalue weighted by atomic mass is 10.1. The molecule has 0 atom stereocenters. The molecule has 96 valence electrons. The Labute approximate surface area is 111 Å². The Balaban J connectivity index is 2.64. The minimum absolute atomic E-state index is 0.189. The van der Waals surface area contributed by atoms with Gasteiger partial charge in [-0.15, -0.1) is 11.8 Å². The maximum absolute atomic E-state index is 11.4. The van der Waals surface area contributed by atoms with Crippen LogP contribution < -0.4 is 0 Å². The van der Waals surface area contributed by atoms with Crippen LogP contribution in [0.5, 0.6) is 0 Å². The first-order chi connectivity index (χ1) is 9.06. The zero-order valence-corrected chi connectivity index (χ0v) is 10.6. The maximum atomic E-state index is 11.4. The monoisotopic (exact) mass is 276 g/mol. The van der Waals surface area contributed by atoms with E-state index < -0.39 is 11.9 Å². The first-order valence-corrected chi connectivity index (χ1v) is 6.55. The summed E-state index contributed by atoms with van der Waals surface area (Å²) in [6.45, 7) is 0. The van der Waals surface area contributed by atoms with Gasteiger partial charge in [0.25, 0.3) is 0 Å². The highest BCUT2D eigenvalue weighted by atomic mass is 32.2. The zero-order valence-electron chi connectivity index (χ0n) is 9.75. The van der Waals surface area contributed by atoms with E-state index in [4.69, 9.17) is 0 Å². The van der Waals surface area contributed by atoms with Gasteiger partial charge in [0.1, 0.15) is 21.8 Å². The van der Waals surface area contributed by atoms with Crippen LogP contribution in [0.4, 0.5) is 0 Å². The number of carbonyl (C=O) groups is 2. The van der Waals surface area contributed by atoms with Gasteiger partial charge in [0, 0.05) is 0 Å². The summed E-state index contributed by atoms with van der Waals surface area (Å²) in [5.41, 5.74) is 0.858. The predicted molar refractivity (Wildman–Crippen MR) is 69.6 cm³/mol. The van der Waals surface area contributed by atoms with Crippen molar-refractivity contribution in [2.24, 2.45) is 0 Å². The summed E-state index contributed by atoms with van der Waals surface area (Å²) in [7, 11) is 0. The Hall–Kier alpha value is -2.28. The highest BCUT2D eigenvalue weighted by molar-refractivity contribution is 7.98. The van der Waals surface area contributed by atoms with Crippen molar-refractivity contribution in [3.63, 3.8) is 0 Å². The third kappa shape index (κ3) is 1.42. The molecule has 0 radical (unpaired) electrons. The molecule has 0 fully saturated rings. The molecule has 0 aromatic carbocycles. The molecule has 0 bridgehead atoms. The smallest absolute Gasteiger partial charge is 0.338 e. The van der Waals surface area contributed by atoms with Gasteiger partial charge in [0.2, 0.25) is 0 Å². The topological polar surface area (TPSA) is 91.9 Å². The number of aromatic nitrogens is 2. The average Bonchev–Trinajstić information content (AvgIpc) is 2.89. The summed E-state index contributed by atoms with van der Waals surface area (Å²) in [5, 5.41) is 19.1. The van der Waals surface area contributed by atoms with Gasteiger partial charge >= 0.3 is 11.9 Å². The molecule has 0 unspecified atom stereocenters. The molecule has 0 spiro atoms. The first-order valence-electron chi connectivity index (χ1n) is 5.33. The fourth-order valence-corrected chi connectivity index (χ4v) is 2.87. The quantitative estimate of drug-likeness (QED) is 0.711. The highest BCUT2D eigenvalue weighted by Gasteiger charge is 2.29. The summed E-state index contributed by atoms with van der Waals surface area (Å²) < 4.78 is 1.58. The van der Waals surface area contributed by atoms with E-state index in [1.807, 2.05) is 0 Å². The molecule has 0 saturated carbocycles. The van der Waals surface area contributed by atoms with Crippen molar-refractivity contribution in [2.75, 3.05) is 6.26 Å². The van der Waals surface area contributed by atoms with E-state index in [2.05, 4.69) is 4.98 Å².